The number of halogens is 1. The number of thiophene rings is 1. The Morgan fingerprint density at radius 3 is 2.57 bits per heavy atom. The van der Waals surface area contributed by atoms with Gasteiger partial charge in [0.1, 0.15) is 15.6 Å². The van der Waals surface area contributed by atoms with Crippen molar-refractivity contribution in [3.8, 4) is 0 Å². The van der Waals surface area contributed by atoms with Gasteiger partial charge < -0.3 is 4.74 Å². The van der Waals surface area contributed by atoms with Crippen molar-refractivity contribution < 1.29 is 17.5 Å². The molecule has 0 aliphatic rings. The maximum atomic E-state index is 13.9. The van der Waals surface area contributed by atoms with Crippen LogP contribution in [0.25, 0.3) is 0 Å². The highest BCUT2D eigenvalue weighted by atomic mass is 32.2. The molecule has 0 saturated heterocycles. The molecular formula is C14H16FNO3S2. The second-order valence-electron chi connectivity index (χ2n) is 4.67. The van der Waals surface area contributed by atoms with Gasteiger partial charge in [-0.3, -0.25) is 0 Å². The molecule has 0 radical (unpaired) electrons. The first-order valence-electron chi connectivity index (χ1n) is 6.22. The Bertz CT molecular complexity index is 701. The van der Waals surface area contributed by atoms with E-state index in [9.17, 15) is 12.8 Å². The minimum atomic E-state index is -3.62. The van der Waals surface area contributed by atoms with Crippen LogP contribution in [-0.4, -0.2) is 22.1 Å². The Kier molecular flexibility index (Phi) is 4.77. The average molecular weight is 329 g/mol. The molecule has 1 aromatic heterocycles. The molecule has 0 saturated carbocycles. The van der Waals surface area contributed by atoms with Crippen molar-refractivity contribution in [2.24, 2.45) is 0 Å². The predicted octanol–water partition coefficient (Wildman–Crippen LogP) is 2.73. The van der Waals surface area contributed by atoms with Gasteiger partial charge in [-0.1, -0.05) is 24.3 Å². The fraction of sp³-hybridized carbons (Fsp3) is 0.286. The summed E-state index contributed by atoms with van der Waals surface area (Å²) in [4.78, 5) is 0. The van der Waals surface area contributed by atoms with Crippen LogP contribution in [-0.2, 0) is 20.4 Å². The molecule has 21 heavy (non-hydrogen) atoms. The molecule has 0 aliphatic carbocycles. The predicted molar refractivity (Wildman–Crippen MR) is 80.3 cm³/mol. The van der Waals surface area contributed by atoms with Gasteiger partial charge >= 0.3 is 0 Å². The van der Waals surface area contributed by atoms with Crippen molar-refractivity contribution in [1.82, 2.24) is 4.72 Å². The summed E-state index contributed by atoms with van der Waals surface area (Å²) < 4.78 is 46.2. The third-order valence-electron chi connectivity index (χ3n) is 3.25. The Morgan fingerprint density at radius 2 is 2.00 bits per heavy atom. The van der Waals surface area contributed by atoms with E-state index in [4.69, 9.17) is 4.74 Å². The third kappa shape index (κ3) is 3.49. The second kappa shape index (κ2) is 6.23. The summed E-state index contributed by atoms with van der Waals surface area (Å²) in [7, 11) is -2.19. The van der Waals surface area contributed by atoms with Crippen molar-refractivity contribution in [2.75, 3.05) is 13.7 Å². The van der Waals surface area contributed by atoms with E-state index in [1.54, 1.807) is 36.6 Å². The van der Waals surface area contributed by atoms with E-state index in [2.05, 4.69) is 4.72 Å². The summed E-state index contributed by atoms with van der Waals surface area (Å²) in [6.07, 6.45) is 0. The summed E-state index contributed by atoms with van der Waals surface area (Å²) in [5.41, 5.74) is -0.781. The van der Waals surface area contributed by atoms with E-state index in [1.807, 2.05) is 0 Å². The standard InChI is InChI=1S/C14H16FNO3S2/c1-14(19-2,11-6-3-4-7-12(11)15)10-16-21(17,18)13-8-5-9-20-13/h3-9,16H,10H2,1-2H3. The highest BCUT2D eigenvalue weighted by Crippen LogP contribution is 2.27. The van der Waals surface area contributed by atoms with Crippen molar-refractivity contribution in [1.29, 1.82) is 0 Å². The van der Waals surface area contributed by atoms with Gasteiger partial charge in [0.05, 0.1) is 0 Å². The van der Waals surface area contributed by atoms with Gasteiger partial charge in [0.2, 0.25) is 10.0 Å². The van der Waals surface area contributed by atoms with Gasteiger partial charge in [-0.2, -0.15) is 0 Å². The van der Waals surface area contributed by atoms with Crippen LogP contribution in [0, 0.1) is 5.82 Å². The molecule has 2 aromatic rings. The van der Waals surface area contributed by atoms with E-state index >= 15 is 0 Å². The Morgan fingerprint density at radius 1 is 1.29 bits per heavy atom. The lowest BCUT2D eigenvalue weighted by molar-refractivity contribution is 0.00411. The first-order chi connectivity index (χ1) is 9.89. The highest BCUT2D eigenvalue weighted by molar-refractivity contribution is 7.91. The molecule has 0 fully saturated rings. The number of nitrogens with one attached hydrogen (secondary N) is 1. The lowest BCUT2D eigenvalue weighted by Gasteiger charge is -2.29. The van der Waals surface area contributed by atoms with E-state index in [1.165, 1.54) is 19.2 Å². The average Bonchev–Trinajstić information content (AvgIpc) is 3.00. The summed E-state index contributed by atoms with van der Waals surface area (Å²) in [6.45, 7) is 1.58. The molecule has 2 rings (SSSR count). The van der Waals surface area contributed by atoms with Crippen LogP contribution in [0.5, 0.6) is 0 Å². The highest BCUT2D eigenvalue weighted by Gasteiger charge is 2.31. The molecule has 1 heterocycles. The fourth-order valence-electron chi connectivity index (χ4n) is 1.89. The lowest BCUT2D eigenvalue weighted by Crippen LogP contribution is -2.40. The van der Waals surface area contributed by atoms with Crippen LogP contribution in [0.15, 0.2) is 46.0 Å². The number of ether oxygens (including phenoxy) is 1. The molecular weight excluding hydrogens is 313 g/mol. The van der Waals surface area contributed by atoms with E-state index in [-0.39, 0.29) is 10.8 Å². The topological polar surface area (TPSA) is 55.4 Å². The summed E-state index contributed by atoms with van der Waals surface area (Å²) in [5.74, 6) is -0.433. The largest absolute Gasteiger partial charge is 0.372 e. The van der Waals surface area contributed by atoms with Crippen molar-refractivity contribution >= 4 is 21.4 Å². The molecule has 1 unspecified atom stereocenters. The molecule has 1 N–H and O–H groups in total. The number of methoxy groups -OCH3 is 1. The maximum absolute atomic E-state index is 13.9. The minimum Gasteiger partial charge on any atom is -0.372 e. The quantitative estimate of drug-likeness (QED) is 0.886. The van der Waals surface area contributed by atoms with Crippen LogP contribution in [0.2, 0.25) is 0 Å². The lowest BCUT2D eigenvalue weighted by atomic mass is 9.95. The first kappa shape index (κ1) is 16.1. The molecule has 0 amide bonds. The first-order valence-corrected chi connectivity index (χ1v) is 8.59. The summed E-state index contributed by atoms with van der Waals surface area (Å²) in [6, 6.07) is 9.33. The zero-order valence-corrected chi connectivity index (χ0v) is 13.3. The number of hydrogen-bond acceptors (Lipinski definition) is 4. The van der Waals surface area contributed by atoms with Crippen LogP contribution in [0.1, 0.15) is 12.5 Å². The molecule has 0 bridgehead atoms. The summed E-state index contributed by atoms with van der Waals surface area (Å²) >= 11 is 1.12. The van der Waals surface area contributed by atoms with Crippen LogP contribution < -0.4 is 4.72 Å². The Labute approximate surface area is 127 Å². The van der Waals surface area contributed by atoms with Gasteiger partial charge in [-0.05, 0) is 24.4 Å². The number of sulfonamides is 1. The van der Waals surface area contributed by atoms with Gasteiger partial charge in [-0.15, -0.1) is 11.3 Å². The van der Waals surface area contributed by atoms with Crippen molar-refractivity contribution in [2.45, 2.75) is 16.7 Å². The summed E-state index contributed by atoms with van der Waals surface area (Å²) in [5, 5.41) is 1.68. The SMILES string of the molecule is COC(C)(CNS(=O)(=O)c1cccs1)c1ccccc1F. The van der Waals surface area contributed by atoms with Gasteiger partial charge in [0.15, 0.2) is 0 Å². The number of hydrogen-bond donors (Lipinski definition) is 1. The van der Waals surface area contributed by atoms with Crippen LogP contribution >= 0.6 is 11.3 Å². The Hall–Kier alpha value is -1.28. The van der Waals surface area contributed by atoms with E-state index in [0.29, 0.717) is 5.56 Å². The molecule has 0 spiro atoms. The fourth-order valence-corrected chi connectivity index (χ4v) is 4.05. The smallest absolute Gasteiger partial charge is 0.250 e. The third-order valence-corrected chi connectivity index (χ3v) is 6.05. The van der Waals surface area contributed by atoms with Gasteiger partial charge in [0.25, 0.3) is 0 Å². The van der Waals surface area contributed by atoms with Crippen molar-refractivity contribution in [3.05, 3.63) is 53.2 Å². The number of rotatable bonds is 6. The van der Waals surface area contributed by atoms with Crippen LogP contribution in [0.3, 0.4) is 0 Å². The van der Waals surface area contributed by atoms with Crippen LogP contribution in [0.4, 0.5) is 4.39 Å². The molecule has 4 nitrogen and oxygen atoms in total. The Balaban J connectivity index is 2.22. The maximum Gasteiger partial charge on any atom is 0.250 e. The normalized spacial score (nSPS) is 14.8. The zero-order valence-electron chi connectivity index (χ0n) is 11.7. The van der Waals surface area contributed by atoms with Gasteiger partial charge in [-0.25, -0.2) is 17.5 Å². The molecule has 114 valence electrons. The number of benzene rings is 1. The molecule has 0 aliphatic heterocycles. The minimum absolute atomic E-state index is 0.0648. The van der Waals surface area contributed by atoms with E-state index < -0.39 is 21.4 Å². The van der Waals surface area contributed by atoms with E-state index in [0.717, 1.165) is 11.3 Å². The van der Waals surface area contributed by atoms with Crippen molar-refractivity contribution in [3.63, 3.8) is 0 Å². The second-order valence-corrected chi connectivity index (χ2v) is 7.61. The van der Waals surface area contributed by atoms with Gasteiger partial charge in [0, 0.05) is 19.2 Å². The monoisotopic (exact) mass is 329 g/mol. The molecule has 1 atom stereocenters. The zero-order chi connectivity index (χ0) is 15.5. The molecule has 7 heteroatoms. The molecule has 1 aromatic carbocycles.